The van der Waals surface area contributed by atoms with Gasteiger partial charge in [0.25, 0.3) is 17.7 Å². The van der Waals surface area contributed by atoms with E-state index in [0.717, 1.165) is 49.2 Å². The summed E-state index contributed by atoms with van der Waals surface area (Å²) in [6.45, 7) is 1.90. The van der Waals surface area contributed by atoms with Crippen LogP contribution < -0.4 is 26.3 Å². The van der Waals surface area contributed by atoms with Crippen molar-refractivity contribution in [1.29, 1.82) is 0 Å². The molecule has 3 amide bonds. The Morgan fingerprint density at radius 3 is 2.45 bits per heavy atom. The smallest absolute Gasteiger partial charge is 0.270 e. The van der Waals surface area contributed by atoms with Gasteiger partial charge in [-0.3, -0.25) is 14.4 Å². The third kappa shape index (κ3) is 6.39. The number of carbonyl (C=O) groups excluding carboxylic acids is 3. The van der Waals surface area contributed by atoms with Crippen LogP contribution in [-0.2, 0) is 11.2 Å². The Labute approximate surface area is 237 Å². The lowest BCUT2D eigenvalue weighted by Gasteiger charge is -2.32. The van der Waals surface area contributed by atoms with Crippen molar-refractivity contribution >= 4 is 34.9 Å². The molecule has 5 N–H and O–H groups in total. The van der Waals surface area contributed by atoms with Gasteiger partial charge >= 0.3 is 0 Å². The average molecular weight is 570 g/mol. The summed E-state index contributed by atoms with van der Waals surface area (Å²) in [6, 6.07) is 7.84. The molecule has 0 spiro atoms. The molecule has 40 heavy (non-hydrogen) atoms. The van der Waals surface area contributed by atoms with Crippen LogP contribution >= 0.6 is 11.5 Å². The van der Waals surface area contributed by atoms with E-state index in [1.807, 2.05) is 12.1 Å². The van der Waals surface area contributed by atoms with E-state index in [1.165, 1.54) is 4.90 Å². The van der Waals surface area contributed by atoms with E-state index in [-0.39, 0.29) is 34.8 Å². The van der Waals surface area contributed by atoms with Crippen molar-refractivity contribution in [3.05, 3.63) is 58.0 Å². The Morgan fingerprint density at radius 2 is 1.85 bits per heavy atom. The standard InChI is InChI=1S/C28H35N5O6S/c1-16-9-11-20(39-16)24(27(35)31-18-7-5-4-6-8-18)33(28(36)25-22(29)23(26(30)34)32-40-25)14-13-17-10-12-19(37-2)21(15-17)38-3/h9-12,15,18,24H,4-8,13-14,29H2,1-3H3,(H2,30,34)(H,31,35). The first-order valence-corrected chi connectivity index (χ1v) is 13.9. The van der Waals surface area contributed by atoms with E-state index < -0.39 is 17.9 Å². The van der Waals surface area contributed by atoms with Gasteiger partial charge in [0, 0.05) is 12.6 Å². The van der Waals surface area contributed by atoms with Crippen molar-refractivity contribution in [1.82, 2.24) is 14.6 Å². The highest BCUT2D eigenvalue weighted by Gasteiger charge is 2.37. The van der Waals surface area contributed by atoms with Gasteiger partial charge in [0.2, 0.25) is 0 Å². The van der Waals surface area contributed by atoms with Crippen LogP contribution in [0.4, 0.5) is 5.69 Å². The number of aryl methyl sites for hydroxylation is 1. The number of hydrogen-bond acceptors (Lipinski definition) is 9. The van der Waals surface area contributed by atoms with Crippen molar-refractivity contribution in [2.45, 2.75) is 57.5 Å². The quantitative estimate of drug-likeness (QED) is 0.315. The molecule has 11 nitrogen and oxygen atoms in total. The molecule has 12 heteroatoms. The van der Waals surface area contributed by atoms with Crippen LogP contribution in [0, 0.1) is 6.92 Å². The molecule has 1 fully saturated rings. The number of nitrogens with zero attached hydrogens (tertiary/aromatic N) is 2. The van der Waals surface area contributed by atoms with Crippen molar-refractivity contribution in [3.63, 3.8) is 0 Å². The number of carbonyl (C=O) groups is 3. The van der Waals surface area contributed by atoms with E-state index in [9.17, 15) is 14.4 Å². The third-order valence-corrected chi connectivity index (χ3v) is 7.90. The molecule has 1 aliphatic rings. The van der Waals surface area contributed by atoms with Crippen LogP contribution in [0.15, 0.2) is 34.7 Å². The fourth-order valence-electron chi connectivity index (χ4n) is 4.94. The van der Waals surface area contributed by atoms with Crippen LogP contribution in [0.5, 0.6) is 11.5 Å². The maximum Gasteiger partial charge on any atom is 0.270 e. The minimum Gasteiger partial charge on any atom is -0.493 e. The maximum absolute atomic E-state index is 14.1. The van der Waals surface area contributed by atoms with Crippen molar-refractivity contribution < 1.29 is 28.3 Å². The summed E-state index contributed by atoms with van der Waals surface area (Å²) >= 11 is 0.773. The van der Waals surface area contributed by atoms with Gasteiger partial charge in [0.1, 0.15) is 16.4 Å². The molecule has 2 heterocycles. The van der Waals surface area contributed by atoms with Gasteiger partial charge in [0.15, 0.2) is 23.2 Å². The number of amides is 3. The number of benzene rings is 1. The molecular formula is C28H35N5O6S. The normalized spacial score (nSPS) is 14.4. The summed E-state index contributed by atoms with van der Waals surface area (Å²) in [5.74, 6) is 0.310. The number of anilines is 1. The highest BCUT2D eigenvalue weighted by Crippen LogP contribution is 2.32. The first kappa shape index (κ1) is 28.9. The largest absolute Gasteiger partial charge is 0.493 e. The lowest BCUT2D eigenvalue weighted by Crippen LogP contribution is -2.47. The predicted molar refractivity (Wildman–Crippen MR) is 151 cm³/mol. The van der Waals surface area contributed by atoms with Gasteiger partial charge in [-0.05, 0) is 67.5 Å². The minimum atomic E-state index is -1.08. The lowest BCUT2D eigenvalue weighted by molar-refractivity contribution is -0.127. The Hall–Kier alpha value is -4.06. The molecule has 3 aromatic rings. The Bertz CT molecular complexity index is 1360. The summed E-state index contributed by atoms with van der Waals surface area (Å²) < 4.78 is 20.7. The zero-order valence-corrected chi connectivity index (χ0v) is 23.7. The molecule has 1 atom stereocenters. The molecule has 2 aromatic heterocycles. The van der Waals surface area contributed by atoms with Gasteiger partial charge in [-0.2, -0.15) is 4.37 Å². The van der Waals surface area contributed by atoms with Crippen molar-refractivity contribution in [3.8, 4) is 11.5 Å². The number of nitrogens with one attached hydrogen (secondary N) is 1. The fraction of sp³-hybridized carbons (Fsp3) is 0.429. The maximum atomic E-state index is 14.1. The summed E-state index contributed by atoms with van der Waals surface area (Å²) in [6.07, 6.45) is 5.32. The SMILES string of the molecule is COc1ccc(CCN(C(=O)c2snc(C(N)=O)c2N)C(C(=O)NC2CCCCC2)c2ccc(C)o2)cc1OC. The van der Waals surface area contributed by atoms with Gasteiger partial charge in [-0.25, -0.2) is 0 Å². The topological polar surface area (TPSA) is 163 Å². The molecule has 0 aliphatic heterocycles. The first-order chi connectivity index (χ1) is 19.2. The molecule has 4 rings (SSSR count). The lowest BCUT2D eigenvalue weighted by atomic mass is 9.95. The Balaban J connectivity index is 1.72. The molecule has 1 aromatic carbocycles. The molecule has 1 aliphatic carbocycles. The predicted octanol–water partition coefficient (Wildman–Crippen LogP) is 3.62. The number of aromatic nitrogens is 1. The van der Waals surface area contributed by atoms with Crippen LogP contribution in [0.1, 0.15) is 75.4 Å². The second-order valence-electron chi connectivity index (χ2n) is 9.77. The highest BCUT2D eigenvalue weighted by molar-refractivity contribution is 7.09. The Kier molecular flexibility index (Phi) is 9.30. The molecule has 1 saturated carbocycles. The number of furan rings is 1. The molecule has 214 valence electrons. The Morgan fingerprint density at radius 1 is 1.12 bits per heavy atom. The number of rotatable bonds is 11. The van der Waals surface area contributed by atoms with Gasteiger partial charge in [-0.15, -0.1) is 0 Å². The molecule has 0 saturated heterocycles. The molecular weight excluding hydrogens is 534 g/mol. The average Bonchev–Trinajstić information content (AvgIpc) is 3.55. The number of methoxy groups -OCH3 is 2. The summed E-state index contributed by atoms with van der Waals surface area (Å²) in [5, 5.41) is 3.14. The molecule has 0 bridgehead atoms. The summed E-state index contributed by atoms with van der Waals surface area (Å²) in [4.78, 5) is 41.2. The molecule has 0 radical (unpaired) electrons. The second-order valence-corrected chi connectivity index (χ2v) is 10.5. The van der Waals surface area contributed by atoms with Crippen LogP contribution in [0.2, 0.25) is 0 Å². The van der Waals surface area contributed by atoms with Crippen LogP contribution in [-0.4, -0.2) is 53.8 Å². The van der Waals surface area contributed by atoms with Crippen molar-refractivity contribution in [2.24, 2.45) is 5.73 Å². The number of nitrogen functional groups attached to an aromatic ring is 1. The van der Waals surface area contributed by atoms with Gasteiger partial charge < -0.3 is 35.6 Å². The molecule has 1 unspecified atom stereocenters. The van der Waals surface area contributed by atoms with Gasteiger partial charge in [0.05, 0.1) is 19.9 Å². The van der Waals surface area contributed by atoms with E-state index in [2.05, 4.69) is 9.69 Å². The number of hydrogen-bond donors (Lipinski definition) is 3. The zero-order valence-electron chi connectivity index (χ0n) is 22.9. The minimum absolute atomic E-state index is 0.0116. The van der Waals surface area contributed by atoms with E-state index in [4.69, 9.17) is 25.4 Å². The van der Waals surface area contributed by atoms with E-state index >= 15 is 0 Å². The second kappa shape index (κ2) is 12.9. The number of primary amides is 1. The third-order valence-electron chi connectivity index (χ3n) is 7.05. The van der Waals surface area contributed by atoms with E-state index in [0.29, 0.717) is 29.4 Å². The number of nitrogens with two attached hydrogens (primary N) is 2. The highest BCUT2D eigenvalue weighted by atomic mass is 32.1. The first-order valence-electron chi connectivity index (χ1n) is 13.2. The van der Waals surface area contributed by atoms with Crippen molar-refractivity contribution in [2.75, 3.05) is 26.5 Å². The summed E-state index contributed by atoms with van der Waals surface area (Å²) in [7, 11) is 3.10. The van der Waals surface area contributed by atoms with E-state index in [1.54, 1.807) is 39.3 Å². The fourth-order valence-corrected chi connectivity index (χ4v) is 5.71. The van der Waals surface area contributed by atoms with Crippen LogP contribution in [0.3, 0.4) is 0 Å². The zero-order chi connectivity index (χ0) is 28.8. The number of ether oxygens (including phenoxy) is 2. The monoisotopic (exact) mass is 569 g/mol. The summed E-state index contributed by atoms with van der Waals surface area (Å²) in [5.41, 5.74) is 12.1. The van der Waals surface area contributed by atoms with Crippen LogP contribution in [0.25, 0.3) is 0 Å². The van der Waals surface area contributed by atoms with Gasteiger partial charge in [-0.1, -0.05) is 25.3 Å².